The van der Waals surface area contributed by atoms with Gasteiger partial charge in [-0.2, -0.15) is 10.2 Å². The molecule has 2 heterocycles. The van der Waals surface area contributed by atoms with E-state index in [1.165, 1.54) is 0 Å². The van der Waals surface area contributed by atoms with E-state index in [2.05, 4.69) is 31.4 Å². The van der Waals surface area contributed by atoms with Gasteiger partial charge in [0.05, 0.1) is 47.9 Å². The quantitative estimate of drug-likeness (QED) is 0.400. The topological polar surface area (TPSA) is 74.0 Å². The van der Waals surface area contributed by atoms with Gasteiger partial charge in [0, 0.05) is 11.8 Å². The first kappa shape index (κ1) is 21.8. The molecule has 4 rings (SSSR count). The van der Waals surface area contributed by atoms with Gasteiger partial charge in [-0.15, -0.1) is 0 Å². The van der Waals surface area contributed by atoms with Crippen LogP contribution in [0.1, 0.15) is 32.9 Å². The number of carbonyl (C=O) groups excluding carboxylic acids is 1. The van der Waals surface area contributed by atoms with E-state index in [4.69, 9.17) is 4.74 Å². The van der Waals surface area contributed by atoms with Crippen LogP contribution in [0.15, 0.2) is 65.4 Å². The highest BCUT2D eigenvalue weighted by Gasteiger charge is 2.12. The summed E-state index contributed by atoms with van der Waals surface area (Å²) >= 11 is 3.56. The largest absolute Gasteiger partial charge is 0.497 e. The van der Waals surface area contributed by atoms with E-state index < -0.39 is 0 Å². The molecule has 0 saturated heterocycles. The van der Waals surface area contributed by atoms with Crippen LogP contribution in [0.25, 0.3) is 0 Å². The zero-order valence-corrected chi connectivity index (χ0v) is 19.8. The number of aryl methyl sites for hydroxylation is 1. The molecule has 8 heteroatoms. The van der Waals surface area contributed by atoms with E-state index in [1.54, 1.807) is 24.1 Å². The van der Waals surface area contributed by atoms with E-state index >= 15 is 0 Å². The summed E-state index contributed by atoms with van der Waals surface area (Å²) in [6.07, 6.45) is 3.46. The monoisotopic (exact) mass is 493 g/mol. The maximum atomic E-state index is 12.8. The molecule has 0 radical (unpaired) electrons. The Bertz CT molecular complexity index is 1260. The van der Waals surface area contributed by atoms with E-state index in [9.17, 15) is 4.79 Å². The second-order valence-corrected chi connectivity index (χ2v) is 8.37. The second kappa shape index (κ2) is 9.40. The summed E-state index contributed by atoms with van der Waals surface area (Å²) < 4.78 is 9.99. The van der Waals surface area contributed by atoms with Crippen molar-refractivity contribution in [1.82, 2.24) is 19.6 Å². The highest BCUT2D eigenvalue weighted by molar-refractivity contribution is 9.10. The van der Waals surface area contributed by atoms with Crippen molar-refractivity contribution in [1.29, 1.82) is 0 Å². The predicted octanol–water partition coefficient (Wildman–Crippen LogP) is 4.82. The third-order valence-electron chi connectivity index (χ3n) is 5.18. The van der Waals surface area contributed by atoms with Gasteiger partial charge < -0.3 is 10.1 Å². The predicted molar refractivity (Wildman–Crippen MR) is 127 cm³/mol. The Labute approximate surface area is 195 Å². The molecule has 0 unspecified atom stereocenters. The Hall–Kier alpha value is -3.39. The Morgan fingerprint density at radius 3 is 2.56 bits per heavy atom. The van der Waals surface area contributed by atoms with Gasteiger partial charge in [-0.1, -0.05) is 24.3 Å². The van der Waals surface area contributed by atoms with E-state index in [1.807, 2.05) is 67.2 Å². The average molecular weight is 494 g/mol. The number of carbonyl (C=O) groups is 1. The lowest BCUT2D eigenvalue weighted by Crippen LogP contribution is -2.12. The molecular formula is C24H24BrN5O2. The van der Waals surface area contributed by atoms with Crippen molar-refractivity contribution in [2.45, 2.75) is 26.9 Å². The number of methoxy groups -OCH3 is 1. The number of amides is 1. The number of rotatable bonds is 7. The van der Waals surface area contributed by atoms with Crippen molar-refractivity contribution >= 4 is 27.5 Å². The fourth-order valence-electron chi connectivity index (χ4n) is 3.49. The highest BCUT2D eigenvalue weighted by atomic mass is 79.9. The summed E-state index contributed by atoms with van der Waals surface area (Å²) in [6.45, 7) is 5.16. The summed E-state index contributed by atoms with van der Waals surface area (Å²) in [6, 6.07) is 15.4. The van der Waals surface area contributed by atoms with Gasteiger partial charge in [0.2, 0.25) is 0 Å². The molecule has 7 nitrogen and oxygen atoms in total. The van der Waals surface area contributed by atoms with E-state index in [0.717, 1.165) is 32.7 Å². The molecule has 0 aliphatic carbocycles. The molecule has 1 N–H and O–H groups in total. The fourth-order valence-corrected chi connectivity index (χ4v) is 3.77. The van der Waals surface area contributed by atoms with Crippen molar-refractivity contribution in [3.8, 4) is 5.75 Å². The maximum Gasteiger partial charge on any atom is 0.255 e. The van der Waals surface area contributed by atoms with Crippen LogP contribution < -0.4 is 10.1 Å². The Balaban J connectivity index is 1.43. The van der Waals surface area contributed by atoms with Crippen LogP contribution in [0.3, 0.4) is 0 Å². The normalized spacial score (nSPS) is 10.9. The number of halogens is 1. The third-order valence-corrected chi connectivity index (χ3v) is 6.33. The highest BCUT2D eigenvalue weighted by Crippen LogP contribution is 2.21. The van der Waals surface area contributed by atoms with Crippen LogP contribution in [0.2, 0.25) is 0 Å². The van der Waals surface area contributed by atoms with Crippen LogP contribution in [-0.4, -0.2) is 32.6 Å². The minimum Gasteiger partial charge on any atom is -0.497 e. The first-order valence-corrected chi connectivity index (χ1v) is 11.0. The molecule has 2 aromatic carbocycles. The first-order valence-electron chi connectivity index (χ1n) is 10.2. The van der Waals surface area contributed by atoms with E-state index in [0.29, 0.717) is 24.3 Å². The molecule has 0 bridgehead atoms. The minimum atomic E-state index is -0.178. The molecule has 0 spiro atoms. The molecule has 0 aliphatic heterocycles. The van der Waals surface area contributed by atoms with Crippen molar-refractivity contribution < 1.29 is 9.53 Å². The first-order chi connectivity index (χ1) is 15.4. The fraction of sp³-hybridized carbons (Fsp3) is 0.208. The Morgan fingerprint density at radius 2 is 1.84 bits per heavy atom. The standard InChI is InChI=1S/C24H24BrN5O2/c1-16-23(25)17(2)30(28-16)14-18-6-4-8-20(10-18)24(31)27-21-12-26-29(15-21)13-19-7-5-9-22(11-19)32-3/h4-12,15H,13-14H2,1-3H3,(H,27,31). The second-order valence-electron chi connectivity index (χ2n) is 7.58. The Kier molecular flexibility index (Phi) is 6.41. The van der Waals surface area contributed by atoms with Crippen molar-refractivity contribution in [2.24, 2.45) is 0 Å². The van der Waals surface area contributed by atoms with Crippen molar-refractivity contribution in [2.75, 3.05) is 12.4 Å². The molecule has 0 saturated carbocycles. The molecule has 2 aromatic heterocycles. The molecule has 0 atom stereocenters. The minimum absolute atomic E-state index is 0.178. The van der Waals surface area contributed by atoms with E-state index in [-0.39, 0.29) is 5.91 Å². The number of hydrogen-bond donors (Lipinski definition) is 1. The smallest absolute Gasteiger partial charge is 0.255 e. The number of nitrogens with one attached hydrogen (secondary N) is 1. The molecule has 1 amide bonds. The molecular weight excluding hydrogens is 470 g/mol. The number of aromatic nitrogens is 4. The zero-order chi connectivity index (χ0) is 22.7. The van der Waals surface area contributed by atoms with Crippen molar-refractivity contribution in [3.05, 3.63) is 93.5 Å². The lowest BCUT2D eigenvalue weighted by Gasteiger charge is -2.08. The van der Waals surface area contributed by atoms with Gasteiger partial charge >= 0.3 is 0 Å². The summed E-state index contributed by atoms with van der Waals surface area (Å²) in [5.41, 5.74) is 5.30. The Morgan fingerprint density at radius 1 is 1.09 bits per heavy atom. The van der Waals surface area contributed by atoms with Crippen LogP contribution in [0, 0.1) is 13.8 Å². The zero-order valence-electron chi connectivity index (χ0n) is 18.2. The maximum absolute atomic E-state index is 12.8. The lowest BCUT2D eigenvalue weighted by molar-refractivity contribution is 0.102. The number of ether oxygens (including phenoxy) is 1. The van der Waals surface area contributed by atoms with Crippen molar-refractivity contribution in [3.63, 3.8) is 0 Å². The number of nitrogens with zero attached hydrogens (tertiary/aromatic N) is 4. The van der Waals surface area contributed by atoms with Gasteiger partial charge in [-0.3, -0.25) is 14.2 Å². The van der Waals surface area contributed by atoms with Crippen LogP contribution in [0.4, 0.5) is 5.69 Å². The molecule has 4 aromatic rings. The SMILES string of the molecule is COc1cccc(Cn2cc(NC(=O)c3cccc(Cn4nc(C)c(Br)c4C)c3)cn2)c1. The number of anilines is 1. The molecule has 32 heavy (non-hydrogen) atoms. The summed E-state index contributed by atoms with van der Waals surface area (Å²) in [7, 11) is 1.64. The van der Waals surface area contributed by atoms with Gasteiger partial charge in [0.15, 0.2) is 0 Å². The van der Waals surface area contributed by atoms with Gasteiger partial charge in [-0.05, 0) is 65.2 Å². The molecule has 0 aliphatic rings. The summed E-state index contributed by atoms with van der Waals surface area (Å²) in [5, 5.41) is 11.8. The van der Waals surface area contributed by atoms with Gasteiger partial charge in [0.1, 0.15) is 5.75 Å². The van der Waals surface area contributed by atoms with Gasteiger partial charge in [-0.25, -0.2) is 0 Å². The summed E-state index contributed by atoms with van der Waals surface area (Å²) in [5.74, 6) is 0.623. The molecule has 0 fully saturated rings. The summed E-state index contributed by atoms with van der Waals surface area (Å²) in [4.78, 5) is 12.8. The number of hydrogen-bond acceptors (Lipinski definition) is 4. The lowest BCUT2D eigenvalue weighted by atomic mass is 10.1. The van der Waals surface area contributed by atoms with Gasteiger partial charge in [0.25, 0.3) is 5.91 Å². The van der Waals surface area contributed by atoms with Crippen LogP contribution in [0.5, 0.6) is 5.75 Å². The van der Waals surface area contributed by atoms with Crippen LogP contribution >= 0.6 is 15.9 Å². The number of benzene rings is 2. The third kappa shape index (κ3) is 4.91. The average Bonchev–Trinajstić information content (AvgIpc) is 3.33. The van der Waals surface area contributed by atoms with Crippen LogP contribution in [-0.2, 0) is 13.1 Å². The molecule has 164 valence electrons.